The number of hydrogen-bond acceptors (Lipinski definition) is 3. The molecule has 0 aliphatic heterocycles. The highest BCUT2D eigenvalue weighted by Crippen LogP contribution is 2.20. The van der Waals surface area contributed by atoms with Crippen molar-refractivity contribution in [2.24, 2.45) is 0 Å². The number of halogens is 1. The number of hydrogen-bond donors (Lipinski definition) is 2. The first-order valence-electron chi connectivity index (χ1n) is 5.35. The second-order valence-electron chi connectivity index (χ2n) is 3.90. The monoisotopic (exact) mass is 290 g/mol. The third-order valence-corrected chi connectivity index (χ3v) is 3.59. The van der Waals surface area contributed by atoms with E-state index in [0.717, 1.165) is 19.6 Å². The van der Waals surface area contributed by atoms with Crippen molar-refractivity contribution < 1.29 is 0 Å². The summed E-state index contributed by atoms with van der Waals surface area (Å²) in [4.78, 5) is 0. The van der Waals surface area contributed by atoms with Crippen LogP contribution in [0.3, 0.4) is 0 Å². The van der Waals surface area contributed by atoms with Crippen molar-refractivity contribution in [2.75, 3.05) is 13.1 Å². The van der Waals surface area contributed by atoms with E-state index in [2.05, 4.69) is 51.9 Å². The third-order valence-electron chi connectivity index (χ3n) is 2.03. The van der Waals surface area contributed by atoms with Gasteiger partial charge < -0.3 is 10.6 Å². The fourth-order valence-electron chi connectivity index (χ4n) is 1.28. The van der Waals surface area contributed by atoms with Crippen molar-refractivity contribution in [3.05, 3.63) is 20.8 Å². The van der Waals surface area contributed by atoms with Crippen LogP contribution in [-0.4, -0.2) is 19.1 Å². The zero-order valence-electron chi connectivity index (χ0n) is 9.35. The summed E-state index contributed by atoms with van der Waals surface area (Å²) in [7, 11) is 0. The molecular weight excluding hydrogens is 272 g/mol. The van der Waals surface area contributed by atoms with E-state index in [1.807, 2.05) is 0 Å². The summed E-state index contributed by atoms with van der Waals surface area (Å²) in [6.45, 7) is 7.50. The van der Waals surface area contributed by atoms with Gasteiger partial charge in [-0.2, -0.15) is 0 Å². The Morgan fingerprint density at radius 3 is 2.80 bits per heavy atom. The van der Waals surface area contributed by atoms with Gasteiger partial charge in [-0.3, -0.25) is 0 Å². The van der Waals surface area contributed by atoms with Gasteiger partial charge in [0.1, 0.15) is 0 Å². The minimum absolute atomic E-state index is 0.595. The Morgan fingerprint density at radius 1 is 1.40 bits per heavy atom. The van der Waals surface area contributed by atoms with Crippen LogP contribution in [0.15, 0.2) is 15.2 Å². The number of thiophene rings is 1. The predicted octanol–water partition coefficient (Wildman–Crippen LogP) is 2.99. The first-order valence-corrected chi connectivity index (χ1v) is 7.03. The SMILES string of the molecule is CC(C)NCCCNCc1csc(Br)c1. The second kappa shape index (κ2) is 7.39. The molecule has 1 aromatic heterocycles. The molecule has 0 unspecified atom stereocenters. The molecule has 0 saturated heterocycles. The molecule has 0 spiro atoms. The Balaban J connectivity index is 1.98. The lowest BCUT2D eigenvalue weighted by molar-refractivity contribution is 0.548. The highest BCUT2D eigenvalue weighted by Gasteiger charge is 1.96. The maximum absolute atomic E-state index is 3.46. The molecule has 86 valence electrons. The Labute approximate surface area is 105 Å². The molecule has 0 aliphatic carbocycles. The molecule has 0 atom stereocenters. The fraction of sp³-hybridized carbons (Fsp3) is 0.636. The average Bonchev–Trinajstić information content (AvgIpc) is 2.57. The summed E-state index contributed by atoms with van der Waals surface area (Å²) >= 11 is 5.20. The summed E-state index contributed by atoms with van der Waals surface area (Å²) < 4.78 is 1.21. The Kier molecular flexibility index (Phi) is 6.48. The van der Waals surface area contributed by atoms with E-state index in [-0.39, 0.29) is 0 Å². The average molecular weight is 291 g/mol. The van der Waals surface area contributed by atoms with Crippen LogP contribution in [0.5, 0.6) is 0 Å². The Bertz CT molecular complexity index is 273. The lowest BCUT2D eigenvalue weighted by Crippen LogP contribution is -2.26. The number of nitrogens with one attached hydrogen (secondary N) is 2. The van der Waals surface area contributed by atoms with E-state index in [1.54, 1.807) is 11.3 Å². The zero-order valence-corrected chi connectivity index (χ0v) is 11.7. The van der Waals surface area contributed by atoms with Crippen LogP contribution in [0, 0.1) is 0 Å². The van der Waals surface area contributed by atoms with Crippen molar-refractivity contribution in [3.63, 3.8) is 0 Å². The molecule has 1 rings (SSSR count). The van der Waals surface area contributed by atoms with Gasteiger partial charge in [0, 0.05) is 12.6 Å². The van der Waals surface area contributed by atoms with E-state index >= 15 is 0 Å². The first-order chi connectivity index (χ1) is 7.18. The zero-order chi connectivity index (χ0) is 11.1. The molecule has 0 radical (unpaired) electrons. The molecule has 0 amide bonds. The van der Waals surface area contributed by atoms with Crippen LogP contribution in [0.1, 0.15) is 25.8 Å². The first kappa shape index (κ1) is 13.2. The maximum Gasteiger partial charge on any atom is 0.0701 e. The molecule has 1 aromatic rings. The van der Waals surface area contributed by atoms with E-state index in [1.165, 1.54) is 15.8 Å². The van der Waals surface area contributed by atoms with Gasteiger partial charge >= 0.3 is 0 Å². The number of rotatable bonds is 7. The van der Waals surface area contributed by atoms with Crippen LogP contribution < -0.4 is 10.6 Å². The summed E-state index contributed by atoms with van der Waals surface area (Å²) in [5, 5.41) is 9.02. The van der Waals surface area contributed by atoms with Crippen molar-refractivity contribution >= 4 is 27.3 Å². The summed E-state index contributed by atoms with van der Waals surface area (Å²) in [6, 6.07) is 2.77. The molecule has 0 bridgehead atoms. The molecule has 0 aromatic carbocycles. The molecule has 4 heteroatoms. The molecule has 15 heavy (non-hydrogen) atoms. The standard InChI is InChI=1S/C11H19BrN2S/c1-9(2)14-5-3-4-13-7-10-6-11(12)15-8-10/h6,8-9,13-14H,3-5,7H2,1-2H3. The summed E-state index contributed by atoms with van der Waals surface area (Å²) in [6.07, 6.45) is 1.18. The molecule has 2 nitrogen and oxygen atoms in total. The minimum atomic E-state index is 0.595. The van der Waals surface area contributed by atoms with Gasteiger partial charge in [0.05, 0.1) is 3.79 Å². The second-order valence-corrected chi connectivity index (χ2v) is 6.19. The van der Waals surface area contributed by atoms with Gasteiger partial charge in [-0.1, -0.05) is 13.8 Å². The molecular formula is C11H19BrN2S. The van der Waals surface area contributed by atoms with Crippen molar-refractivity contribution in [1.82, 2.24) is 10.6 Å². The topological polar surface area (TPSA) is 24.1 Å². The third kappa shape index (κ3) is 6.30. The fourth-order valence-corrected chi connectivity index (χ4v) is 2.48. The van der Waals surface area contributed by atoms with Crippen LogP contribution in [0.2, 0.25) is 0 Å². The van der Waals surface area contributed by atoms with Gasteiger partial charge in [-0.25, -0.2) is 0 Å². The molecule has 0 saturated carbocycles. The van der Waals surface area contributed by atoms with Gasteiger partial charge in [0.15, 0.2) is 0 Å². The maximum atomic E-state index is 3.46. The predicted molar refractivity (Wildman–Crippen MR) is 71.5 cm³/mol. The highest BCUT2D eigenvalue weighted by molar-refractivity contribution is 9.11. The Hall–Kier alpha value is 0.100. The van der Waals surface area contributed by atoms with Gasteiger partial charge in [0.2, 0.25) is 0 Å². The van der Waals surface area contributed by atoms with Crippen molar-refractivity contribution in [2.45, 2.75) is 32.9 Å². The van der Waals surface area contributed by atoms with Crippen LogP contribution in [0.4, 0.5) is 0 Å². The summed E-state index contributed by atoms with van der Waals surface area (Å²) in [5.74, 6) is 0. The van der Waals surface area contributed by atoms with E-state index in [4.69, 9.17) is 0 Å². The molecule has 2 N–H and O–H groups in total. The van der Waals surface area contributed by atoms with Crippen LogP contribution in [0.25, 0.3) is 0 Å². The van der Waals surface area contributed by atoms with Gasteiger partial charge in [-0.05, 0) is 52.5 Å². The normalized spacial score (nSPS) is 11.2. The summed E-state index contributed by atoms with van der Waals surface area (Å²) in [5.41, 5.74) is 1.36. The van der Waals surface area contributed by atoms with Crippen LogP contribution in [-0.2, 0) is 6.54 Å². The smallest absolute Gasteiger partial charge is 0.0701 e. The molecule has 0 aliphatic rings. The van der Waals surface area contributed by atoms with Gasteiger partial charge in [-0.15, -0.1) is 11.3 Å². The van der Waals surface area contributed by atoms with Gasteiger partial charge in [0.25, 0.3) is 0 Å². The quantitative estimate of drug-likeness (QED) is 0.755. The molecule has 1 heterocycles. The van der Waals surface area contributed by atoms with Crippen molar-refractivity contribution in [3.8, 4) is 0 Å². The lowest BCUT2D eigenvalue weighted by atomic mass is 10.3. The largest absolute Gasteiger partial charge is 0.314 e. The molecule has 0 fully saturated rings. The van der Waals surface area contributed by atoms with Crippen molar-refractivity contribution in [1.29, 1.82) is 0 Å². The lowest BCUT2D eigenvalue weighted by Gasteiger charge is -2.07. The van der Waals surface area contributed by atoms with E-state index < -0.39 is 0 Å². The highest BCUT2D eigenvalue weighted by atomic mass is 79.9. The van der Waals surface area contributed by atoms with Crippen LogP contribution >= 0.6 is 27.3 Å². The minimum Gasteiger partial charge on any atom is -0.314 e. The van der Waals surface area contributed by atoms with E-state index in [9.17, 15) is 0 Å². The Morgan fingerprint density at radius 2 is 2.20 bits per heavy atom. The van der Waals surface area contributed by atoms with E-state index in [0.29, 0.717) is 6.04 Å².